The van der Waals surface area contributed by atoms with E-state index in [1.165, 1.54) is 30.4 Å². The summed E-state index contributed by atoms with van der Waals surface area (Å²) in [7, 11) is 0. The molecule has 70 valence electrons. The van der Waals surface area contributed by atoms with Crippen LogP contribution in [0, 0.1) is 12.8 Å². The highest BCUT2D eigenvalue weighted by atomic mass is 14.6. The molecule has 0 aromatic heterocycles. The predicted octanol–water partition coefficient (Wildman–Crippen LogP) is 2.92. The SMILES string of the molecule is Cc1ccc(N)c(CCC2CC2)c1. The zero-order chi connectivity index (χ0) is 9.26. The van der Waals surface area contributed by atoms with Gasteiger partial charge in [-0.05, 0) is 37.3 Å². The molecule has 0 atom stereocenters. The van der Waals surface area contributed by atoms with Crippen molar-refractivity contribution in [2.24, 2.45) is 5.92 Å². The Bertz CT molecular complexity index is 300. The summed E-state index contributed by atoms with van der Waals surface area (Å²) in [5.74, 6) is 1.000. The van der Waals surface area contributed by atoms with E-state index in [4.69, 9.17) is 5.73 Å². The summed E-state index contributed by atoms with van der Waals surface area (Å²) in [6.07, 6.45) is 5.36. The average Bonchev–Trinajstić information content (AvgIpc) is 2.90. The summed E-state index contributed by atoms with van der Waals surface area (Å²) in [6, 6.07) is 6.32. The number of hydrogen-bond acceptors (Lipinski definition) is 1. The Balaban J connectivity index is 2.03. The van der Waals surface area contributed by atoms with Crippen molar-refractivity contribution in [2.75, 3.05) is 5.73 Å². The van der Waals surface area contributed by atoms with Gasteiger partial charge in [0.25, 0.3) is 0 Å². The second-order valence-corrected chi connectivity index (χ2v) is 4.18. The number of benzene rings is 1. The van der Waals surface area contributed by atoms with E-state index in [9.17, 15) is 0 Å². The highest BCUT2D eigenvalue weighted by Crippen LogP contribution is 2.34. The van der Waals surface area contributed by atoms with Gasteiger partial charge in [0.1, 0.15) is 0 Å². The first kappa shape index (κ1) is 8.61. The third kappa shape index (κ3) is 2.24. The Morgan fingerprint density at radius 3 is 2.85 bits per heavy atom. The van der Waals surface area contributed by atoms with E-state index in [1.807, 2.05) is 6.07 Å². The smallest absolute Gasteiger partial charge is 0.0346 e. The summed E-state index contributed by atoms with van der Waals surface area (Å²) in [5.41, 5.74) is 9.52. The summed E-state index contributed by atoms with van der Waals surface area (Å²) >= 11 is 0. The Morgan fingerprint density at radius 2 is 2.15 bits per heavy atom. The van der Waals surface area contributed by atoms with Gasteiger partial charge in [0.05, 0.1) is 0 Å². The Hall–Kier alpha value is -0.980. The molecule has 0 unspecified atom stereocenters. The molecule has 1 aliphatic carbocycles. The molecule has 1 aromatic carbocycles. The maximum Gasteiger partial charge on any atom is 0.0346 e. The molecule has 0 heterocycles. The second-order valence-electron chi connectivity index (χ2n) is 4.18. The molecule has 0 radical (unpaired) electrons. The van der Waals surface area contributed by atoms with E-state index in [0.29, 0.717) is 0 Å². The highest BCUT2D eigenvalue weighted by Gasteiger charge is 2.20. The topological polar surface area (TPSA) is 26.0 Å². The maximum atomic E-state index is 5.90. The lowest BCUT2D eigenvalue weighted by Crippen LogP contribution is -1.95. The molecule has 0 saturated heterocycles. The van der Waals surface area contributed by atoms with E-state index >= 15 is 0 Å². The second kappa shape index (κ2) is 3.41. The van der Waals surface area contributed by atoms with Crippen LogP contribution >= 0.6 is 0 Å². The molecule has 1 aliphatic rings. The predicted molar refractivity (Wildman–Crippen MR) is 56.6 cm³/mol. The van der Waals surface area contributed by atoms with Gasteiger partial charge < -0.3 is 5.73 Å². The van der Waals surface area contributed by atoms with Gasteiger partial charge in [-0.2, -0.15) is 0 Å². The molecule has 2 N–H and O–H groups in total. The number of aryl methyl sites for hydroxylation is 2. The average molecular weight is 175 g/mol. The first-order valence-electron chi connectivity index (χ1n) is 5.11. The van der Waals surface area contributed by atoms with E-state index in [1.54, 1.807) is 0 Å². The van der Waals surface area contributed by atoms with Crippen molar-refractivity contribution in [3.63, 3.8) is 0 Å². The van der Waals surface area contributed by atoms with Gasteiger partial charge >= 0.3 is 0 Å². The van der Waals surface area contributed by atoms with Crippen LogP contribution in [-0.4, -0.2) is 0 Å². The van der Waals surface area contributed by atoms with Gasteiger partial charge in [-0.15, -0.1) is 0 Å². The first-order chi connectivity index (χ1) is 6.25. The molecular weight excluding hydrogens is 158 g/mol. The quantitative estimate of drug-likeness (QED) is 0.702. The molecule has 0 amide bonds. The standard InChI is InChI=1S/C12H17N/c1-9-2-7-12(13)11(8-9)6-5-10-3-4-10/h2,7-8,10H,3-6,13H2,1H3. The van der Waals surface area contributed by atoms with Crippen LogP contribution in [0.3, 0.4) is 0 Å². The molecule has 0 aliphatic heterocycles. The van der Waals surface area contributed by atoms with E-state index in [2.05, 4.69) is 19.1 Å². The van der Waals surface area contributed by atoms with Crippen LogP contribution in [0.25, 0.3) is 0 Å². The Kier molecular flexibility index (Phi) is 2.26. The minimum Gasteiger partial charge on any atom is -0.399 e. The molecule has 1 heteroatoms. The maximum absolute atomic E-state index is 5.90. The molecule has 0 spiro atoms. The van der Waals surface area contributed by atoms with E-state index < -0.39 is 0 Å². The third-order valence-electron chi connectivity index (χ3n) is 2.82. The lowest BCUT2D eigenvalue weighted by molar-refractivity contribution is 0.727. The first-order valence-corrected chi connectivity index (χ1v) is 5.11. The lowest BCUT2D eigenvalue weighted by Gasteiger charge is -2.05. The molecule has 1 fully saturated rings. The van der Waals surface area contributed by atoms with Gasteiger partial charge in [0.2, 0.25) is 0 Å². The van der Waals surface area contributed by atoms with Crippen molar-refractivity contribution in [1.82, 2.24) is 0 Å². The molecule has 1 nitrogen and oxygen atoms in total. The zero-order valence-electron chi connectivity index (χ0n) is 8.22. The van der Waals surface area contributed by atoms with Crippen LogP contribution in [-0.2, 0) is 6.42 Å². The largest absolute Gasteiger partial charge is 0.399 e. The van der Waals surface area contributed by atoms with Crippen LogP contribution in [0.5, 0.6) is 0 Å². The van der Waals surface area contributed by atoms with Crippen molar-refractivity contribution in [3.8, 4) is 0 Å². The van der Waals surface area contributed by atoms with Gasteiger partial charge in [-0.3, -0.25) is 0 Å². The Morgan fingerprint density at radius 1 is 1.38 bits per heavy atom. The summed E-state index contributed by atoms with van der Waals surface area (Å²) in [4.78, 5) is 0. The fraction of sp³-hybridized carbons (Fsp3) is 0.500. The van der Waals surface area contributed by atoms with Crippen LogP contribution in [0.2, 0.25) is 0 Å². The summed E-state index contributed by atoms with van der Waals surface area (Å²) < 4.78 is 0. The molecule has 13 heavy (non-hydrogen) atoms. The van der Waals surface area contributed by atoms with Crippen LogP contribution in [0.1, 0.15) is 30.4 Å². The van der Waals surface area contributed by atoms with Crippen molar-refractivity contribution in [1.29, 1.82) is 0 Å². The Labute approximate surface area is 80.0 Å². The van der Waals surface area contributed by atoms with Gasteiger partial charge in [0.15, 0.2) is 0 Å². The number of nitrogens with two attached hydrogens (primary N) is 1. The summed E-state index contributed by atoms with van der Waals surface area (Å²) in [5, 5.41) is 0. The zero-order valence-corrected chi connectivity index (χ0v) is 8.22. The fourth-order valence-corrected chi connectivity index (χ4v) is 1.72. The van der Waals surface area contributed by atoms with Gasteiger partial charge in [0, 0.05) is 5.69 Å². The lowest BCUT2D eigenvalue weighted by atomic mass is 10.0. The van der Waals surface area contributed by atoms with Gasteiger partial charge in [-0.25, -0.2) is 0 Å². The van der Waals surface area contributed by atoms with Crippen LogP contribution in [0.4, 0.5) is 5.69 Å². The molecule has 2 rings (SSSR count). The van der Waals surface area contributed by atoms with E-state index in [-0.39, 0.29) is 0 Å². The molecular formula is C12H17N. The van der Waals surface area contributed by atoms with E-state index in [0.717, 1.165) is 18.0 Å². The number of rotatable bonds is 3. The van der Waals surface area contributed by atoms with Crippen molar-refractivity contribution in [2.45, 2.75) is 32.6 Å². The highest BCUT2D eigenvalue weighted by molar-refractivity contribution is 5.48. The van der Waals surface area contributed by atoms with Crippen molar-refractivity contribution in [3.05, 3.63) is 29.3 Å². The molecule has 0 bridgehead atoms. The monoisotopic (exact) mass is 175 g/mol. The normalized spacial score (nSPS) is 16.1. The fourth-order valence-electron chi connectivity index (χ4n) is 1.72. The number of anilines is 1. The van der Waals surface area contributed by atoms with Gasteiger partial charge in [-0.1, -0.05) is 30.5 Å². The van der Waals surface area contributed by atoms with Crippen molar-refractivity contribution < 1.29 is 0 Å². The molecule has 1 aromatic rings. The van der Waals surface area contributed by atoms with Crippen LogP contribution < -0.4 is 5.73 Å². The number of hydrogen-bond donors (Lipinski definition) is 1. The van der Waals surface area contributed by atoms with Crippen LogP contribution in [0.15, 0.2) is 18.2 Å². The number of nitrogen functional groups attached to an aromatic ring is 1. The minimum atomic E-state index is 0.964. The minimum absolute atomic E-state index is 0.964. The summed E-state index contributed by atoms with van der Waals surface area (Å²) in [6.45, 7) is 2.13. The third-order valence-corrected chi connectivity index (χ3v) is 2.82. The molecule has 1 saturated carbocycles. The van der Waals surface area contributed by atoms with Crippen molar-refractivity contribution >= 4 is 5.69 Å².